The largest absolute Gasteiger partial charge is 0.454 e. The van der Waals surface area contributed by atoms with Crippen LogP contribution in [0.4, 0.5) is 4.79 Å². The number of likely N-dealkylation sites (tertiary alicyclic amines) is 1. The highest BCUT2D eigenvalue weighted by Crippen LogP contribution is 2.12. The van der Waals surface area contributed by atoms with Gasteiger partial charge in [0, 0.05) is 29.2 Å². The topological polar surface area (TPSA) is 114 Å². The predicted octanol–water partition coefficient (Wildman–Crippen LogP) is 1.46. The molecule has 0 aromatic heterocycles. The lowest BCUT2D eigenvalue weighted by Crippen LogP contribution is -2.47. The van der Waals surface area contributed by atoms with E-state index in [0.29, 0.717) is 38.1 Å². The average Bonchev–Trinajstić information content (AvgIpc) is 2.71. The van der Waals surface area contributed by atoms with E-state index in [0.717, 1.165) is 4.47 Å². The van der Waals surface area contributed by atoms with Crippen molar-refractivity contribution in [3.8, 4) is 0 Å². The maximum absolute atomic E-state index is 11.9. The summed E-state index contributed by atoms with van der Waals surface area (Å²) in [5.41, 5.74) is 0.410. The second-order valence-electron chi connectivity index (χ2n) is 6.38. The smallest absolute Gasteiger partial charge is 0.409 e. The maximum atomic E-state index is 11.9. The Balaban J connectivity index is 1.62. The van der Waals surface area contributed by atoms with E-state index in [9.17, 15) is 19.2 Å². The summed E-state index contributed by atoms with van der Waals surface area (Å²) in [5, 5.41) is 5.21. The number of nitrogens with zero attached hydrogens (tertiary/aromatic N) is 1. The molecule has 0 bridgehead atoms. The quantitative estimate of drug-likeness (QED) is 0.584. The summed E-state index contributed by atoms with van der Waals surface area (Å²) in [6, 6.07) is 6.57. The van der Waals surface area contributed by atoms with Crippen LogP contribution in [0.1, 0.15) is 30.1 Å². The van der Waals surface area contributed by atoms with Crippen molar-refractivity contribution in [1.29, 1.82) is 0 Å². The van der Waals surface area contributed by atoms with Gasteiger partial charge in [-0.15, -0.1) is 0 Å². The van der Waals surface area contributed by atoms with Crippen molar-refractivity contribution < 1.29 is 28.7 Å². The number of carbonyl (C=O) groups excluding carboxylic acids is 4. The first-order valence-corrected chi connectivity index (χ1v) is 10.1. The van der Waals surface area contributed by atoms with Gasteiger partial charge in [-0.05, 0) is 44.0 Å². The summed E-state index contributed by atoms with van der Waals surface area (Å²) in [6.07, 6.45) is 0.847. The van der Waals surface area contributed by atoms with Crippen molar-refractivity contribution in [3.63, 3.8) is 0 Å². The van der Waals surface area contributed by atoms with Gasteiger partial charge in [-0.3, -0.25) is 14.4 Å². The molecule has 2 N–H and O–H groups in total. The predicted molar refractivity (Wildman–Crippen MR) is 107 cm³/mol. The van der Waals surface area contributed by atoms with Crippen molar-refractivity contribution in [1.82, 2.24) is 15.5 Å². The van der Waals surface area contributed by atoms with Gasteiger partial charge >= 0.3 is 12.1 Å². The van der Waals surface area contributed by atoms with Crippen LogP contribution in [0.25, 0.3) is 0 Å². The number of hydrogen-bond acceptors (Lipinski definition) is 6. The van der Waals surface area contributed by atoms with E-state index in [1.807, 2.05) is 0 Å². The molecule has 0 atom stereocenters. The number of nitrogens with one attached hydrogen (secondary N) is 2. The number of hydrogen-bond donors (Lipinski definition) is 2. The van der Waals surface area contributed by atoms with Crippen molar-refractivity contribution >= 4 is 39.8 Å². The number of ether oxygens (including phenoxy) is 2. The maximum Gasteiger partial charge on any atom is 0.409 e. The van der Waals surface area contributed by atoms with Gasteiger partial charge in [-0.2, -0.15) is 0 Å². The molecule has 9 nitrogen and oxygen atoms in total. The van der Waals surface area contributed by atoms with Gasteiger partial charge in [0.25, 0.3) is 11.8 Å². The van der Waals surface area contributed by atoms with Crippen molar-refractivity contribution in [2.75, 3.05) is 32.8 Å². The van der Waals surface area contributed by atoms with Crippen LogP contribution in [0, 0.1) is 0 Å². The zero-order chi connectivity index (χ0) is 21.2. The van der Waals surface area contributed by atoms with Gasteiger partial charge in [0.05, 0.1) is 6.61 Å². The van der Waals surface area contributed by atoms with Crippen LogP contribution in [0.3, 0.4) is 0 Å². The summed E-state index contributed by atoms with van der Waals surface area (Å²) < 4.78 is 10.7. The first kappa shape index (κ1) is 22.7. The molecule has 3 amide bonds. The molecule has 1 aliphatic rings. The molecule has 0 radical (unpaired) electrons. The number of halogens is 1. The monoisotopic (exact) mass is 469 g/mol. The van der Waals surface area contributed by atoms with Crippen LogP contribution in [-0.2, 0) is 19.1 Å². The number of carbonyl (C=O) groups is 4. The lowest BCUT2D eigenvalue weighted by atomic mass is 10.1. The van der Waals surface area contributed by atoms with Crippen molar-refractivity contribution in [2.45, 2.75) is 25.8 Å². The van der Waals surface area contributed by atoms with Crippen LogP contribution in [0.15, 0.2) is 28.7 Å². The number of amides is 3. The Hall–Kier alpha value is -2.62. The third-order valence-corrected chi connectivity index (χ3v) is 4.78. The Morgan fingerprint density at radius 1 is 1.10 bits per heavy atom. The molecule has 1 saturated heterocycles. The first-order chi connectivity index (χ1) is 13.9. The molecule has 0 saturated carbocycles. The van der Waals surface area contributed by atoms with Gasteiger partial charge in [-0.25, -0.2) is 4.79 Å². The van der Waals surface area contributed by atoms with E-state index >= 15 is 0 Å². The van der Waals surface area contributed by atoms with Crippen LogP contribution in [0.2, 0.25) is 0 Å². The van der Waals surface area contributed by atoms with Crippen molar-refractivity contribution in [3.05, 3.63) is 34.3 Å². The van der Waals surface area contributed by atoms with E-state index < -0.39 is 24.4 Å². The molecular weight excluding hydrogens is 446 g/mol. The highest BCUT2D eigenvalue weighted by molar-refractivity contribution is 9.10. The highest BCUT2D eigenvalue weighted by atomic mass is 79.9. The molecule has 10 heteroatoms. The summed E-state index contributed by atoms with van der Waals surface area (Å²) in [7, 11) is 0. The number of esters is 1. The van der Waals surface area contributed by atoms with Crippen LogP contribution in [-0.4, -0.2) is 67.7 Å². The highest BCUT2D eigenvalue weighted by Gasteiger charge is 2.24. The molecule has 0 aliphatic carbocycles. The fraction of sp³-hybridized carbons (Fsp3) is 0.474. The average molecular weight is 470 g/mol. The third kappa shape index (κ3) is 7.72. The lowest BCUT2D eigenvalue weighted by molar-refractivity contribution is -0.147. The molecular formula is C19H24BrN3O6. The van der Waals surface area contributed by atoms with E-state index in [4.69, 9.17) is 9.47 Å². The molecule has 1 aromatic carbocycles. The normalized spacial score (nSPS) is 14.1. The zero-order valence-corrected chi connectivity index (χ0v) is 17.7. The molecule has 2 rings (SSSR count). The van der Waals surface area contributed by atoms with Gasteiger partial charge < -0.3 is 25.0 Å². The van der Waals surface area contributed by atoms with Gasteiger partial charge in [0.1, 0.15) is 6.54 Å². The lowest BCUT2D eigenvalue weighted by Gasteiger charge is -2.31. The second kappa shape index (κ2) is 11.4. The van der Waals surface area contributed by atoms with E-state index in [1.54, 1.807) is 36.1 Å². The minimum Gasteiger partial charge on any atom is -0.454 e. The second-order valence-corrected chi connectivity index (χ2v) is 7.29. The van der Waals surface area contributed by atoms with Crippen LogP contribution < -0.4 is 10.6 Å². The van der Waals surface area contributed by atoms with E-state index in [-0.39, 0.29) is 18.7 Å². The van der Waals surface area contributed by atoms with Gasteiger partial charge in [-0.1, -0.05) is 15.9 Å². The minimum atomic E-state index is -0.706. The SMILES string of the molecule is CCOC(=O)N1CCC(NC(=O)COC(=O)CNC(=O)c2ccc(Br)cc2)CC1. The molecule has 29 heavy (non-hydrogen) atoms. The molecule has 1 aliphatic heterocycles. The van der Waals surface area contributed by atoms with Crippen LogP contribution >= 0.6 is 15.9 Å². The molecule has 0 spiro atoms. The Labute approximate surface area is 177 Å². The number of rotatable bonds is 7. The Morgan fingerprint density at radius 3 is 2.38 bits per heavy atom. The molecule has 0 unspecified atom stereocenters. The summed E-state index contributed by atoms with van der Waals surface area (Å²) >= 11 is 3.28. The van der Waals surface area contributed by atoms with E-state index in [2.05, 4.69) is 26.6 Å². The Kier molecular flexibility index (Phi) is 8.91. The third-order valence-electron chi connectivity index (χ3n) is 4.25. The Morgan fingerprint density at radius 2 is 1.76 bits per heavy atom. The minimum absolute atomic E-state index is 0.0935. The molecule has 1 heterocycles. The molecule has 1 aromatic rings. The Bertz CT molecular complexity index is 732. The summed E-state index contributed by atoms with van der Waals surface area (Å²) in [6.45, 7) is 2.30. The molecule has 1 fully saturated rings. The fourth-order valence-corrected chi connectivity index (χ4v) is 3.01. The fourth-order valence-electron chi connectivity index (χ4n) is 2.74. The van der Waals surface area contributed by atoms with Crippen LogP contribution in [0.5, 0.6) is 0 Å². The number of piperidine rings is 1. The molecule has 158 valence electrons. The standard InChI is InChI=1S/C19H24BrN3O6/c1-2-28-19(27)23-9-7-15(8-10-23)22-16(24)12-29-17(25)11-21-18(26)13-3-5-14(20)6-4-13/h3-6,15H,2,7-12H2,1H3,(H,21,26)(H,22,24). The number of benzene rings is 1. The summed E-state index contributed by atoms with van der Waals surface area (Å²) in [4.78, 5) is 48.8. The van der Waals surface area contributed by atoms with Gasteiger partial charge in [0.2, 0.25) is 0 Å². The van der Waals surface area contributed by atoms with Gasteiger partial charge in [0.15, 0.2) is 6.61 Å². The van der Waals surface area contributed by atoms with E-state index in [1.165, 1.54) is 0 Å². The first-order valence-electron chi connectivity index (χ1n) is 9.29. The van der Waals surface area contributed by atoms with Crippen molar-refractivity contribution in [2.24, 2.45) is 0 Å². The zero-order valence-electron chi connectivity index (χ0n) is 16.1. The summed E-state index contributed by atoms with van der Waals surface area (Å²) in [5.74, 6) is -1.54.